The first-order valence-electron chi connectivity index (χ1n) is 13.2. The monoisotopic (exact) mass is 976 g/mol. The van der Waals surface area contributed by atoms with E-state index in [0.717, 1.165) is 6.42 Å². The summed E-state index contributed by atoms with van der Waals surface area (Å²) >= 11 is 9.97. The highest BCUT2D eigenvalue weighted by Crippen LogP contribution is 2.37. The van der Waals surface area contributed by atoms with Crippen LogP contribution in [0.1, 0.15) is 11.1 Å². The molecule has 4 heteroatoms. The highest BCUT2D eigenvalue weighted by molar-refractivity contribution is 14.1. The fraction of sp³-hybridized carbons (Fsp3) is 0.0270. The van der Waals surface area contributed by atoms with E-state index in [1.165, 1.54) is 69.9 Å². The van der Waals surface area contributed by atoms with Crippen LogP contribution in [0.5, 0.6) is 0 Å². The Morgan fingerprint density at radius 2 is 0.561 bits per heavy atom. The van der Waals surface area contributed by atoms with E-state index in [9.17, 15) is 0 Å². The molecular formula is C37H24I4. The molecule has 0 heterocycles. The predicted octanol–water partition coefficient (Wildman–Crippen LogP) is 12.4. The fourth-order valence-corrected chi connectivity index (χ4v) is 8.19. The van der Waals surface area contributed by atoms with E-state index >= 15 is 0 Å². The van der Waals surface area contributed by atoms with Gasteiger partial charge in [-0.2, -0.15) is 0 Å². The van der Waals surface area contributed by atoms with Crippen LogP contribution in [0, 0.1) is 14.3 Å². The number of halogens is 4. The highest BCUT2D eigenvalue weighted by Gasteiger charge is 2.14. The lowest BCUT2D eigenvalue weighted by Crippen LogP contribution is -1.93. The fourth-order valence-electron chi connectivity index (χ4n) is 5.07. The summed E-state index contributed by atoms with van der Waals surface area (Å²) < 4.78 is 5.20. The maximum Gasteiger partial charge on any atom is 0.0348 e. The minimum Gasteiger partial charge on any atom is -0.0622 e. The molecule has 0 bridgehead atoms. The Kier molecular flexibility index (Phi) is 9.48. The highest BCUT2D eigenvalue weighted by atomic mass is 127. The van der Waals surface area contributed by atoms with Crippen LogP contribution in [0.2, 0.25) is 0 Å². The standard InChI is InChI=1S/C37H24I4/c38-34-30(26-7-3-1-4-8-26)19-21-32(36(34)40)28-15-11-24(12-16-28)23-25-13-17-29(18-14-25)33-22-20-31(35(39)37(33)41)27-9-5-2-6-10-27/h1-22H,23H2. The molecule has 0 spiro atoms. The molecule has 0 radical (unpaired) electrons. The lowest BCUT2D eigenvalue weighted by atomic mass is 9.96. The van der Waals surface area contributed by atoms with E-state index in [2.05, 4.69) is 224 Å². The molecule has 6 aromatic carbocycles. The summed E-state index contributed by atoms with van der Waals surface area (Å²) in [5, 5.41) is 0. The van der Waals surface area contributed by atoms with Gasteiger partial charge in [-0.25, -0.2) is 0 Å². The molecule has 6 aromatic rings. The quantitative estimate of drug-likeness (QED) is 0.146. The van der Waals surface area contributed by atoms with E-state index in [1.807, 2.05) is 0 Å². The van der Waals surface area contributed by atoms with Gasteiger partial charge < -0.3 is 0 Å². The summed E-state index contributed by atoms with van der Waals surface area (Å²) in [6.07, 6.45) is 0.920. The Morgan fingerprint density at radius 3 is 0.854 bits per heavy atom. The summed E-state index contributed by atoms with van der Waals surface area (Å²) in [6.45, 7) is 0. The van der Waals surface area contributed by atoms with E-state index in [1.54, 1.807) is 0 Å². The van der Waals surface area contributed by atoms with E-state index < -0.39 is 0 Å². The summed E-state index contributed by atoms with van der Waals surface area (Å²) in [4.78, 5) is 0. The van der Waals surface area contributed by atoms with Gasteiger partial charge in [-0.1, -0.05) is 133 Å². The van der Waals surface area contributed by atoms with Gasteiger partial charge in [-0.05, 0) is 152 Å². The Bertz CT molecular complexity index is 1670. The smallest absolute Gasteiger partial charge is 0.0348 e. The third-order valence-corrected chi connectivity index (χ3v) is 13.8. The predicted molar refractivity (Wildman–Crippen MR) is 208 cm³/mol. The summed E-state index contributed by atoms with van der Waals surface area (Å²) in [6, 6.07) is 48.4. The van der Waals surface area contributed by atoms with Gasteiger partial charge in [0, 0.05) is 14.3 Å². The molecule has 0 saturated carbocycles. The van der Waals surface area contributed by atoms with Crippen molar-refractivity contribution in [2.75, 3.05) is 0 Å². The zero-order valence-corrected chi connectivity index (χ0v) is 30.6. The molecule has 0 unspecified atom stereocenters. The first-order valence-corrected chi connectivity index (χ1v) is 17.6. The molecule has 0 aliphatic heterocycles. The van der Waals surface area contributed by atoms with Gasteiger partial charge >= 0.3 is 0 Å². The molecule has 0 aliphatic rings. The number of benzene rings is 6. The van der Waals surface area contributed by atoms with Crippen LogP contribution < -0.4 is 0 Å². The van der Waals surface area contributed by atoms with Crippen LogP contribution in [-0.2, 0) is 6.42 Å². The molecule has 0 fully saturated rings. The van der Waals surface area contributed by atoms with Crippen molar-refractivity contribution in [3.8, 4) is 44.5 Å². The van der Waals surface area contributed by atoms with Crippen molar-refractivity contribution in [2.45, 2.75) is 6.42 Å². The molecule has 200 valence electrons. The summed E-state index contributed by atoms with van der Waals surface area (Å²) in [5.41, 5.74) is 12.8. The topological polar surface area (TPSA) is 0 Å². The molecule has 41 heavy (non-hydrogen) atoms. The molecule has 0 amide bonds. The third kappa shape index (κ3) is 6.45. The second kappa shape index (κ2) is 13.3. The van der Waals surface area contributed by atoms with Gasteiger partial charge in [0.1, 0.15) is 0 Å². The lowest BCUT2D eigenvalue weighted by molar-refractivity contribution is 1.19. The van der Waals surface area contributed by atoms with Crippen molar-refractivity contribution in [3.05, 3.63) is 159 Å². The van der Waals surface area contributed by atoms with Crippen LogP contribution in [0.25, 0.3) is 44.5 Å². The molecule has 0 N–H and O–H groups in total. The third-order valence-electron chi connectivity index (χ3n) is 7.27. The normalized spacial score (nSPS) is 11.0. The largest absolute Gasteiger partial charge is 0.0622 e. The van der Waals surface area contributed by atoms with Crippen molar-refractivity contribution in [2.24, 2.45) is 0 Å². The SMILES string of the molecule is Ic1c(-c2ccccc2)ccc(-c2ccc(Cc3ccc(-c4ccc(-c5ccccc5)c(I)c4I)cc3)cc2)c1I. The van der Waals surface area contributed by atoms with Crippen LogP contribution in [-0.4, -0.2) is 0 Å². The first kappa shape index (κ1) is 29.3. The maximum atomic E-state index is 2.50. The van der Waals surface area contributed by atoms with Crippen molar-refractivity contribution in [1.29, 1.82) is 0 Å². The van der Waals surface area contributed by atoms with Crippen LogP contribution >= 0.6 is 90.4 Å². The first-order chi connectivity index (χ1) is 20.0. The zero-order valence-electron chi connectivity index (χ0n) is 21.9. The van der Waals surface area contributed by atoms with Crippen LogP contribution in [0.4, 0.5) is 0 Å². The molecule has 0 saturated heterocycles. The molecular weight excluding hydrogens is 952 g/mol. The lowest BCUT2D eigenvalue weighted by Gasteiger charge is -2.13. The van der Waals surface area contributed by atoms with Gasteiger partial charge in [0.05, 0.1) is 0 Å². The molecule has 0 aromatic heterocycles. The van der Waals surface area contributed by atoms with Crippen molar-refractivity contribution in [3.63, 3.8) is 0 Å². The number of rotatable bonds is 6. The van der Waals surface area contributed by atoms with E-state index in [4.69, 9.17) is 0 Å². The molecule has 0 nitrogen and oxygen atoms in total. The zero-order chi connectivity index (χ0) is 28.3. The van der Waals surface area contributed by atoms with E-state index in [0.29, 0.717) is 0 Å². The Morgan fingerprint density at radius 1 is 0.293 bits per heavy atom. The Balaban J connectivity index is 1.18. The molecule has 0 aliphatic carbocycles. The Hall–Kier alpha value is -1.76. The van der Waals surface area contributed by atoms with Gasteiger partial charge in [0.2, 0.25) is 0 Å². The van der Waals surface area contributed by atoms with Crippen LogP contribution in [0.15, 0.2) is 133 Å². The second-order valence-electron chi connectivity index (χ2n) is 9.88. The minimum absolute atomic E-state index is 0.920. The second-order valence-corrected chi connectivity index (χ2v) is 14.2. The average molecular weight is 976 g/mol. The summed E-state index contributed by atoms with van der Waals surface area (Å²) in [5.74, 6) is 0. The van der Waals surface area contributed by atoms with E-state index in [-0.39, 0.29) is 0 Å². The number of hydrogen-bond donors (Lipinski definition) is 0. The maximum absolute atomic E-state index is 2.50. The van der Waals surface area contributed by atoms with Crippen molar-refractivity contribution >= 4 is 90.4 Å². The molecule has 6 rings (SSSR count). The van der Waals surface area contributed by atoms with Gasteiger partial charge in [0.15, 0.2) is 0 Å². The van der Waals surface area contributed by atoms with Crippen LogP contribution in [0.3, 0.4) is 0 Å². The Labute approximate surface area is 296 Å². The minimum atomic E-state index is 0.920. The summed E-state index contributed by atoms with van der Waals surface area (Å²) in [7, 11) is 0. The van der Waals surface area contributed by atoms with Gasteiger partial charge in [-0.15, -0.1) is 0 Å². The van der Waals surface area contributed by atoms with Crippen molar-refractivity contribution in [1.82, 2.24) is 0 Å². The van der Waals surface area contributed by atoms with Crippen molar-refractivity contribution < 1.29 is 0 Å². The average Bonchev–Trinajstić information content (AvgIpc) is 3.02. The number of hydrogen-bond acceptors (Lipinski definition) is 0. The van der Waals surface area contributed by atoms with Gasteiger partial charge in [-0.3, -0.25) is 0 Å². The molecule has 0 atom stereocenters. The van der Waals surface area contributed by atoms with Gasteiger partial charge in [0.25, 0.3) is 0 Å².